The van der Waals surface area contributed by atoms with Crippen LogP contribution in [0.2, 0.25) is 0 Å². The normalized spacial score (nSPS) is 31.0. The summed E-state index contributed by atoms with van der Waals surface area (Å²) in [5, 5.41) is 23.1. The minimum Gasteiger partial charge on any atom is -0.506 e. The van der Waals surface area contributed by atoms with Crippen molar-refractivity contribution in [3.8, 4) is 17.6 Å². The number of anilines is 1. The molecule has 216 valence electrons. The predicted molar refractivity (Wildman–Crippen MR) is 149 cm³/mol. The van der Waals surface area contributed by atoms with Crippen LogP contribution in [0.3, 0.4) is 0 Å². The molecule has 0 spiro atoms. The minimum atomic E-state index is -2.75. The van der Waals surface area contributed by atoms with Crippen LogP contribution in [0.5, 0.6) is 5.75 Å². The van der Waals surface area contributed by atoms with Gasteiger partial charge in [0.1, 0.15) is 5.75 Å². The molecule has 0 radical (unpaired) electrons. The first-order chi connectivity index (χ1) is 19.3. The molecule has 0 aromatic heterocycles. The minimum absolute atomic E-state index is 0.00718. The quantitative estimate of drug-likeness (QED) is 0.358. The number of hydrogen-bond donors (Lipinski definition) is 3. The van der Waals surface area contributed by atoms with Gasteiger partial charge in [-0.2, -0.15) is 0 Å². The van der Waals surface area contributed by atoms with Crippen molar-refractivity contribution >= 4 is 34.7 Å². The Morgan fingerprint density at radius 3 is 2.37 bits per heavy atom. The van der Waals surface area contributed by atoms with Crippen molar-refractivity contribution in [2.45, 2.75) is 50.2 Å². The number of hydrogen-bond acceptors (Lipinski definition) is 9. The summed E-state index contributed by atoms with van der Waals surface area (Å²) in [6.45, 7) is 0. The summed E-state index contributed by atoms with van der Waals surface area (Å²) in [5.41, 5.74) is 4.99. The van der Waals surface area contributed by atoms with Crippen LogP contribution in [0.1, 0.15) is 53.6 Å². The molecule has 10 heteroatoms. The number of carbonyl (C=O) groups excluding carboxylic acids is 5. The number of nitrogens with two attached hydrogens (primary N) is 1. The third-order valence-electron chi connectivity index (χ3n) is 9.17. The second kappa shape index (κ2) is 10.2. The number of aliphatic hydroxyl groups is 1. The number of carbonyl (C=O) groups is 5. The van der Waals surface area contributed by atoms with Gasteiger partial charge in [-0.15, -0.1) is 0 Å². The maximum Gasteiger partial charge on any atom is 0.235 e. The highest BCUT2D eigenvalue weighted by atomic mass is 16.3. The third kappa shape index (κ3) is 4.30. The number of Topliss-reactive ketones (excluding diaryl/α,β-unsaturated/α-hetero) is 4. The Labute approximate surface area is 238 Å². The standard InChI is InChI=1S/C31H35N3O7/c1-33(2)20-14-16(11-10-15-8-6-5-7-9-15)25(35)22-18(20)12-17-13-19-24(34(3)4)27(37)23(30(32)40)29(39)31(19,41)28(38)21(17)26(22)36/h8,14,17,19,21,23-24,35,41H,5-7,9,12-13H2,1-4H3,(H2,32,40)/t17-,19-,21?,23?,24-,31-/m0/s1. The molecule has 5 rings (SSSR count). The Kier molecular flexibility index (Phi) is 7.16. The zero-order chi connectivity index (χ0) is 30.0. The highest BCUT2D eigenvalue weighted by molar-refractivity contribution is 6.32. The number of nitrogens with zero attached hydrogens (tertiary/aromatic N) is 2. The van der Waals surface area contributed by atoms with Crippen LogP contribution in [0.25, 0.3) is 0 Å². The maximum absolute atomic E-state index is 14.1. The number of benzene rings is 1. The van der Waals surface area contributed by atoms with Crippen LogP contribution < -0.4 is 10.6 Å². The molecule has 0 bridgehead atoms. The van der Waals surface area contributed by atoms with Crippen molar-refractivity contribution in [1.82, 2.24) is 4.90 Å². The van der Waals surface area contributed by atoms with Gasteiger partial charge in [0.15, 0.2) is 34.7 Å². The van der Waals surface area contributed by atoms with E-state index in [0.717, 1.165) is 31.3 Å². The van der Waals surface area contributed by atoms with E-state index in [1.54, 1.807) is 34.3 Å². The second-order valence-electron chi connectivity index (χ2n) is 12.1. The Morgan fingerprint density at radius 2 is 1.78 bits per heavy atom. The fraction of sp³-hybridized carbons (Fsp3) is 0.516. The van der Waals surface area contributed by atoms with Gasteiger partial charge in [-0.1, -0.05) is 17.9 Å². The van der Waals surface area contributed by atoms with E-state index in [1.807, 2.05) is 4.90 Å². The molecule has 6 atom stereocenters. The Balaban J connectivity index is 1.64. The second-order valence-corrected chi connectivity index (χ2v) is 12.1. The number of aromatic hydroxyl groups is 1. The van der Waals surface area contributed by atoms with Gasteiger partial charge in [-0.25, -0.2) is 0 Å². The SMILES string of the molecule is CN(C)c1cc(C#CC2=CCCCC2)c(O)c2c1C[C@H]1C[C@H]3[C@H](N(C)C)C(=O)C(C(N)=O)C(=O)[C@@]3(O)C(=O)C1C2=O. The van der Waals surface area contributed by atoms with Gasteiger partial charge >= 0.3 is 0 Å². The first-order valence-electron chi connectivity index (χ1n) is 13.9. The summed E-state index contributed by atoms with van der Waals surface area (Å²) in [6, 6.07) is 0.595. The lowest BCUT2D eigenvalue weighted by molar-refractivity contribution is -0.181. The molecule has 0 heterocycles. The first-order valence-corrected chi connectivity index (χ1v) is 13.9. The molecule has 2 saturated carbocycles. The number of allylic oxidation sites excluding steroid dienone is 2. The molecule has 1 amide bonds. The van der Waals surface area contributed by atoms with E-state index in [9.17, 15) is 34.2 Å². The summed E-state index contributed by atoms with van der Waals surface area (Å²) >= 11 is 0. The van der Waals surface area contributed by atoms with Gasteiger partial charge in [0.25, 0.3) is 0 Å². The summed E-state index contributed by atoms with van der Waals surface area (Å²) in [4.78, 5) is 70.2. The zero-order valence-electron chi connectivity index (χ0n) is 23.7. The molecule has 2 unspecified atom stereocenters. The summed E-state index contributed by atoms with van der Waals surface area (Å²) in [5.74, 6) is -4.54. The molecule has 4 aliphatic rings. The van der Waals surface area contributed by atoms with Crippen molar-refractivity contribution in [2.24, 2.45) is 29.4 Å². The molecular formula is C31H35N3O7. The number of phenolic OH excluding ortho intramolecular Hbond substituents is 1. The molecule has 2 fully saturated rings. The molecule has 0 aliphatic heterocycles. The average molecular weight is 562 g/mol. The van der Waals surface area contributed by atoms with Crippen LogP contribution in [-0.4, -0.2) is 84.0 Å². The van der Waals surface area contributed by atoms with Crippen molar-refractivity contribution in [3.05, 3.63) is 34.4 Å². The highest BCUT2D eigenvalue weighted by Crippen LogP contribution is 2.52. The van der Waals surface area contributed by atoms with Gasteiger partial charge in [0.2, 0.25) is 5.91 Å². The fourth-order valence-electron chi connectivity index (χ4n) is 7.25. The zero-order valence-corrected chi connectivity index (χ0v) is 23.7. The number of likely N-dealkylation sites (N-methyl/N-ethyl adjacent to an activating group) is 1. The number of fused-ring (bicyclic) bond motifs is 3. The molecule has 4 aliphatic carbocycles. The van der Waals surface area contributed by atoms with Gasteiger partial charge in [-0.05, 0) is 75.7 Å². The lowest BCUT2D eigenvalue weighted by Gasteiger charge is -2.52. The van der Waals surface area contributed by atoms with Gasteiger partial charge in [0, 0.05) is 25.7 Å². The van der Waals surface area contributed by atoms with Crippen LogP contribution in [-0.2, 0) is 25.6 Å². The topological polar surface area (TPSA) is 158 Å². The van der Waals surface area contributed by atoms with Crippen LogP contribution >= 0.6 is 0 Å². The van der Waals surface area contributed by atoms with Gasteiger partial charge < -0.3 is 20.8 Å². The van der Waals surface area contributed by atoms with E-state index >= 15 is 0 Å². The van der Waals surface area contributed by atoms with E-state index in [0.29, 0.717) is 11.3 Å². The summed E-state index contributed by atoms with van der Waals surface area (Å²) in [7, 11) is 6.73. The van der Waals surface area contributed by atoms with Gasteiger partial charge in [-0.3, -0.25) is 28.9 Å². The van der Waals surface area contributed by atoms with E-state index < -0.39 is 64.4 Å². The number of rotatable bonds is 3. The number of phenols is 1. The van der Waals surface area contributed by atoms with E-state index in [2.05, 4.69) is 17.9 Å². The monoisotopic (exact) mass is 561 g/mol. The molecule has 1 aromatic rings. The maximum atomic E-state index is 14.1. The van der Waals surface area contributed by atoms with Crippen molar-refractivity contribution in [3.63, 3.8) is 0 Å². The summed E-state index contributed by atoms with van der Waals surface area (Å²) in [6.07, 6.45) is 6.18. The summed E-state index contributed by atoms with van der Waals surface area (Å²) < 4.78 is 0. The van der Waals surface area contributed by atoms with Gasteiger partial charge in [0.05, 0.1) is 23.1 Å². The first kappa shape index (κ1) is 28.7. The average Bonchev–Trinajstić information content (AvgIpc) is 2.90. The molecular weight excluding hydrogens is 526 g/mol. The molecule has 10 nitrogen and oxygen atoms in total. The van der Waals surface area contributed by atoms with E-state index in [1.165, 1.54) is 4.90 Å². The molecule has 0 saturated heterocycles. The third-order valence-corrected chi connectivity index (χ3v) is 9.17. The fourth-order valence-corrected chi connectivity index (χ4v) is 7.25. The number of primary amides is 1. The number of ketones is 4. The van der Waals surface area contributed by atoms with Crippen molar-refractivity contribution < 1.29 is 34.2 Å². The van der Waals surface area contributed by atoms with Crippen LogP contribution in [0.4, 0.5) is 5.69 Å². The van der Waals surface area contributed by atoms with Crippen LogP contribution in [0, 0.1) is 35.5 Å². The highest BCUT2D eigenvalue weighted by Gasteiger charge is 2.69. The lowest BCUT2D eigenvalue weighted by atomic mass is 9.52. The Morgan fingerprint density at radius 1 is 1.07 bits per heavy atom. The van der Waals surface area contributed by atoms with Crippen LogP contribution in [0.15, 0.2) is 17.7 Å². The molecule has 41 heavy (non-hydrogen) atoms. The Hall–Kier alpha value is -3.81. The lowest BCUT2D eigenvalue weighted by Crippen LogP contribution is -2.74. The van der Waals surface area contributed by atoms with Crippen molar-refractivity contribution in [1.29, 1.82) is 0 Å². The predicted octanol–water partition coefficient (Wildman–Crippen LogP) is 0.785. The van der Waals surface area contributed by atoms with E-state index in [4.69, 9.17) is 5.73 Å². The molecule has 4 N–H and O–H groups in total. The Bertz CT molecular complexity index is 1480. The molecule has 1 aromatic carbocycles. The largest absolute Gasteiger partial charge is 0.506 e. The van der Waals surface area contributed by atoms with Crippen molar-refractivity contribution in [2.75, 3.05) is 33.1 Å². The van der Waals surface area contributed by atoms with E-state index in [-0.39, 0.29) is 29.7 Å². The number of amides is 1. The smallest absolute Gasteiger partial charge is 0.235 e.